The third-order valence-corrected chi connectivity index (χ3v) is 8.73. The van der Waals surface area contributed by atoms with Crippen molar-refractivity contribution >= 4 is 43.6 Å². The Labute approximate surface area is 265 Å². The van der Waals surface area contributed by atoms with E-state index in [9.17, 15) is 0 Å². The summed E-state index contributed by atoms with van der Waals surface area (Å²) in [7, 11) is 0. The van der Waals surface area contributed by atoms with Crippen LogP contribution in [0, 0.1) is 0 Å². The summed E-state index contributed by atoms with van der Waals surface area (Å²) in [5.41, 5.74) is 12.4. The molecule has 0 aliphatic heterocycles. The topological polar surface area (TPSA) is 51.6 Å². The van der Waals surface area contributed by atoms with Crippen molar-refractivity contribution in [2.75, 3.05) is 0 Å². The third-order valence-electron chi connectivity index (χ3n) is 8.73. The molecule has 0 fully saturated rings. The lowest BCUT2D eigenvalue weighted by Gasteiger charge is -2.10. The van der Waals surface area contributed by atoms with Crippen LogP contribution in [0.15, 0.2) is 158 Å². The molecule has 0 radical (unpaired) electrons. The number of pyridine rings is 4. The van der Waals surface area contributed by atoms with Crippen LogP contribution in [0.2, 0.25) is 0 Å². The normalized spacial score (nSPS) is 11.5. The molecular weight excluding hydrogens is 560 g/mol. The van der Waals surface area contributed by atoms with Crippen LogP contribution in [0.25, 0.3) is 88.4 Å². The van der Waals surface area contributed by atoms with E-state index in [0.29, 0.717) is 0 Å². The summed E-state index contributed by atoms with van der Waals surface area (Å²) < 4.78 is 0. The Hall–Kier alpha value is -6.26. The first kappa shape index (κ1) is 26.2. The van der Waals surface area contributed by atoms with Crippen LogP contribution in [0.1, 0.15) is 0 Å². The highest BCUT2D eigenvalue weighted by Crippen LogP contribution is 2.32. The summed E-state index contributed by atoms with van der Waals surface area (Å²) in [5.74, 6) is 0. The van der Waals surface area contributed by atoms with Crippen molar-refractivity contribution in [3.8, 4) is 44.8 Å². The number of fused-ring (bicyclic) bond motifs is 6. The zero-order chi connectivity index (χ0) is 30.5. The van der Waals surface area contributed by atoms with Crippen molar-refractivity contribution in [1.29, 1.82) is 0 Å². The fourth-order valence-electron chi connectivity index (χ4n) is 6.34. The molecule has 0 atom stereocenters. The van der Waals surface area contributed by atoms with Crippen LogP contribution in [0.3, 0.4) is 0 Å². The van der Waals surface area contributed by atoms with Gasteiger partial charge in [-0.2, -0.15) is 0 Å². The Bertz CT molecular complexity index is 2410. The molecule has 4 nitrogen and oxygen atoms in total. The van der Waals surface area contributed by atoms with E-state index in [1.807, 2.05) is 24.5 Å². The maximum absolute atomic E-state index is 5.06. The average molecular weight is 587 g/mol. The molecule has 0 aliphatic carbocycles. The summed E-state index contributed by atoms with van der Waals surface area (Å²) >= 11 is 0. The predicted octanol–water partition coefficient (Wildman–Crippen LogP) is 10.5. The van der Waals surface area contributed by atoms with Gasteiger partial charge in [0.05, 0.1) is 33.5 Å². The number of rotatable bonds is 4. The van der Waals surface area contributed by atoms with Gasteiger partial charge < -0.3 is 0 Å². The highest BCUT2D eigenvalue weighted by atomic mass is 14.8. The van der Waals surface area contributed by atoms with E-state index in [-0.39, 0.29) is 0 Å². The summed E-state index contributed by atoms with van der Waals surface area (Å²) in [6.07, 6.45) is 3.66. The van der Waals surface area contributed by atoms with Crippen molar-refractivity contribution < 1.29 is 0 Å². The van der Waals surface area contributed by atoms with E-state index in [4.69, 9.17) is 9.97 Å². The number of hydrogen-bond acceptors (Lipinski definition) is 4. The van der Waals surface area contributed by atoms with Gasteiger partial charge in [-0.1, -0.05) is 109 Å². The number of nitrogens with zero attached hydrogens (tertiary/aromatic N) is 4. The van der Waals surface area contributed by atoms with E-state index < -0.39 is 0 Å². The van der Waals surface area contributed by atoms with Crippen LogP contribution in [-0.4, -0.2) is 19.9 Å². The molecule has 0 N–H and O–H groups in total. The number of hydrogen-bond donors (Lipinski definition) is 0. The summed E-state index contributed by atoms with van der Waals surface area (Å²) in [5, 5.41) is 4.37. The fraction of sp³-hybridized carbons (Fsp3) is 0. The van der Waals surface area contributed by atoms with Crippen LogP contribution in [0.4, 0.5) is 0 Å². The molecule has 4 aromatic heterocycles. The van der Waals surface area contributed by atoms with Crippen molar-refractivity contribution in [3.05, 3.63) is 158 Å². The van der Waals surface area contributed by atoms with Gasteiger partial charge in [-0.3, -0.25) is 9.97 Å². The number of benzene rings is 5. The standard InChI is InChI=1S/C42H26N4/c1-5-33(25-35(7-1)37-21-19-31-17-15-29-9-3-23-43-39(29)41(31)45-37)27-11-13-28(14-12-27)34-6-2-8-36(26-34)38-22-20-32-18-16-30-10-4-24-44-40(30)42(32)46-38/h1-26H. The van der Waals surface area contributed by atoms with Gasteiger partial charge in [0.1, 0.15) is 0 Å². The molecule has 0 spiro atoms. The van der Waals surface area contributed by atoms with Gasteiger partial charge in [0.2, 0.25) is 0 Å². The molecule has 0 saturated heterocycles. The lowest BCUT2D eigenvalue weighted by molar-refractivity contribution is 1.37. The minimum atomic E-state index is 0.927. The fourth-order valence-corrected chi connectivity index (χ4v) is 6.34. The van der Waals surface area contributed by atoms with Crippen LogP contribution in [0.5, 0.6) is 0 Å². The second-order valence-electron chi connectivity index (χ2n) is 11.6. The lowest BCUT2D eigenvalue weighted by atomic mass is 9.97. The van der Waals surface area contributed by atoms with Crippen molar-refractivity contribution in [1.82, 2.24) is 19.9 Å². The first-order valence-electron chi connectivity index (χ1n) is 15.4. The first-order valence-corrected chi connectivity index (χ1v) is 15.4. The zero-order valence-corrected chi connectivity index (χ0v) is 24.8. The Kier molecular flexibility index (Phi) is 6.10. The average Bonchev–Trinajstić information content (AvgIpc) is 3.14. The Morgan fingerprint density at radius 2 is 0.674 bits per heavy atom. The van der Waals surface area contributed by atoms with E-state index in [1.54, 1.807) is 0 Å². The molecule has 0 bridgehead atoms. The van der Waals surface area contributed by atoms with Gasteiger partial charge >= 0.3 is 0 Å². The van der Waals surface area contributed by atoms with E-state index in [1.165, 1.54) is 0 Å². The van der Waals surface area contributed by atoms with Crippen LogP contribution < -0.4 is 0 Å². The van der Waals surface area contributed by atoms with E-state index in [2.05, 4.69) is 143 Å². The van der Waals surface area contributed by atoms with Gasteiger partial charge in [-0.05, 0) is 58.7 Å². The highest BCUT2D eigenvalue weighted by molar-refractivity contribution is 6.04. The second-order valence-corrected chi connectivity index (χ2v) is 11.6. The Balaban J connectivity index is 1.03. The van der Waals surface area contributed by atoms with Gasteiger partial charge in [-0.25, -0.2) is 9.97 Å². The van der Waals surface area contributed by atoms with Crippen molar-refractivity contribution in [2.45, 2.75) is 0 Å². The largest absolute Gasteiger partial charge is 0.254 e. The molecule has 0 saturated carbocycles. The minimum Gasteiger partial charge on any atom is -0.254 e. The smallest absolute Gasteiger partial charge is 0.0972 e. The number of aromatic nitrogens is 4. The molecular formula is C42H26N4. The minimum absolute atomic E-state index is 0.927. The highest BCUT2D eigenvalue weighted by Gasteiger charge is 2.10. The molecule has 4 heterocycles. The van der Waals surface area contributed by atoms with E-state index >= 15 is 0 Å². The monoisotopic (exact) mass is 586 g/mol. The SMILES string of the molecule is c1cc(-c2ccc(-c3cccc(-c4ccc5ccc6cccnc6c5n4)c3)cc2)cc(-c2ccc3ccc4cccnc4c3n2)c1. The van der Waals surface area contributed by atoms with Crippen LogP contribution in [-0.2, 0) is 0 Å². The second kappa shape index (κ2) is 10.7. The van der Waals surface area contributed by atoms with E-state index in [0.717, 1.165) is 88.4 Å². The van der Waals surface area contributed by atoms with Crippen LogP contribution >= 0.6 is 0 Å². The van der Waals surface area contributed by atoms with Crippen molar-refractivity contribution in [2.24, 2.45) is 0 Å². The molecule has 9 aromatic rings. The maximum atomic E-state index is 5.06. The van der Waals surface area contributed by atoms with Crippen molar-refractivity contribution in [3.63, 3.8) is 0 Å². The maximum Gasteiger partial charge on any atom is 0.0972 e. The summed E-state index contributed by atoms with van der Waals surface area (Å²) in [6, 6.07) is 50.9. The molecule has 9 rings (SSSR count). The summed E-state index contributed by atoms with van der Waals surface area (Å²) in [6.45, 7) is 0. The van der Waals surface area contributed by atoms with Gasteiger partial charge in [0, 0.05) is 45.1 Å². The molecule has 0 amide bonds. The predicted molar refractivity (Wildman–Crippen MR) is 189 cm³/mol. The third kappa shape index (κ3) is 4.56. The first-order chi connectivity index (χ1) is 22.8. The lowest BCUT2D eigenvalue weighted by Crippen LogP contribution is -1.89. The quantitative estimate of drug-likeness (QED) is 0.193. The molecule has 0 aliphatic rings. The molecule has 214 valence electrons. The molecule has 46 heavy (non-hydrogen) atoms. The molecule has 5 aromatic carbocycles. The molecule has 0 unspecified atom stereocenters. The van der Waals surface area contributed by atoms with Gasteiger partial charge in [0.25, 0.3) is 0 Å². The molecule has 4 heteroatoms. The van der Waals surface area contributed by atoms with Gasteiger partial charge in [0.15, 0.2) is 0 Å². The zero-order valence-electron chi connectivity index (χ0n) is 24.8. The Morgan fingerprint density at radius 3 is 1.13 bits per heavy atom. The van der Waals surface area contributed by atoms with Gasteiger partial charge in [-0.15, -0.1) is 0 Å². The summed E-state index contributed by atoms with van der Waals surface area (Å²) in [4.78, 5) is 19.4. The Morgan fingerprint density at radius 1 is 0.283 bits per heavy atom.